The van der Waals surface area contributed by atoms with Gasteiger partial charge in [-0.2, -0.15) is 0 Å². The Labute approximate surface area is 197 Å². The Bertz CT molecular complexity index is 1130. The molecule has 0 saturated carbocycles. The van der Waals surface area contributed by atoms with Crippen LogP contribution in [0.5, 0.6) is 11.5 Å². The number of urea groups is 1. The summed E-state index contributed by atoms with van der Waals surface area (Å²) in [6.45, 7) is 3.36. The number of anilines is 1. The van der Waals surface area contributed by atoms with E-state index in [1.807, 2.05) is 29.5 Å². The van der Waals surface area contributed by atoms with Gasteiger partial charge in [0.1, 0.15) is 5.57 Å². The van der Waals surface area contributed by atoms with Crippen molar-refractivity contribution < 1.29 is 33.8 Å². The number of nitrogens with zero attached hydrogens (tertiary/aromatic N) is 1. The number of rotatable bonds is 7. The minimum Gasteiger partial charge on any atom is -0.490 e. The van der Waals surface area contributed by atoms with Crippen molar-refractivity contribution in [1.29, 1.82) is 0 Å². The number of halogens is 1. The molecule has 1 aliphatic rings. The number of hydrogen-bond acceptors (Lipinski definition) is 6. The predicted molar refractivity (Wildman–Crippen MR) is 124 cm³/mol. The highest BCUT2D eigenvalue weighted by atomic mass is 127. The van der Waals surface area contributed by atoms with Crippen molar-refractivity contribution in [2.24, 2.45) is 0 Å². The Balaban J connectivity index is 2.00. The van der Waals surface area contributed by atoms with Gasteiger partial charge in [-0.25, -0.2) is 14.5 Å². The SMILES string of the molecule is CCOc1cc(/C=C2/C(=O)NC(=O)N(c3ccc(C)cc3)C2=O)cc(I)c1OCC(=O)O. The fourth-order valence-corrected chi connectivity index (χ4v) is 3.74. The number of ether oxygens (including phenoxy) is 2. The van der Waals surface area contributed by atoms with Crippen LogP contribution in [0.2, 0.25) is 0 Å². The molecular formula is C22H19IN2O7. The fraction of sp³-hybridized carbons (Fsp3) is 0.182. The van der Waals surface area contributed by atoms with E-state index < -0.39 is 30.4 Å². The van der Waals surface area contributed by atoms with E-state index in [9.17, 15) is 19.2 Å². The second-order valence-corrected chi connectivity index (χ2v) is 7.90. The minimum absolute atomic E-state index is 0.234. The van der Waals surface area contributed by atoms with Crippen molar-refractivity contribution in [3.8, 4) is 11.5 Å². The molecule has 1 saturated heterocycles. The number of aryl methyl sites for hydroxylation is 1. The molecule has 0 aliphatic carbocycles. The summed E-state index contributed by atoms with van der Waals surface area (Å²) < 4.78 is 11.4. The van der Waals surface area contributed by atoms with Gasteiger partial charge < -0.3 is 14.6 Å². The van der Waals surface area contributed by atoms with Gasteiger partial charge in [0.15, 0.2) is 18.1 Å². The molecule has 4 amide bonds. The highest BCUT2D eigenvalue weighted by Crippen LogP contribution is 2.35. The van der Waals surface area contributed by atoms with Crippen LogP contribution >= 0.6 is 22.6 Å². The topological polar surface area (TPSA) is 122 Å². The number of benzene rings is 2. The second kappa shape index (κ2) is 9.81. The van der Waals surface area contributed by atoms with Gasteiger partial charge in [0.05, 0.1) is 15.9 Å². The molecule has 2 aromatic carbocycles. The Hall–Kier alpha value is -3.41. The molecular weight excluding hydrogens is 531 g/mol. The maximum Gasteiger partial charge on any atom is 0.341 e. The number of aliphatic carboxylic acids is 1. The Morgan fingerprint density at radius 1 is 1.16 bits per heavy atom. The van der Waals surface area contributed by atoms with Gasteiger partial charge in [0.25, 0.3) is 11.8 Å². The first-order valence-corrected chi connectivity index (χ1v) is 10.6. The number of nitrogens with one attached hydrogen (secondary N) is 1. The van der Waals surface area contributed by atoms with Crippen LogP contribution in [-0.4, -0.2) is 42.1 Å². The van der Waals surface area contributed by atoms with Crippen molar-refractivity contribution in [3.05, 3.63) is 56.7 Å². The van der Waals surface area contributed by atoms with Crippen molar-refractivity contribution in [2.75, 3.05) is 18.1 Å². The van der Waals surface area contributed by atoms with E-state index in [4.69, 9.17) is 14.6 Å². The zero-order chi connectivity index (χ0) is 23.4. The molecule has 0 unspecified atom stereocenters. The van der Waals surface area contributed by atoms with E-state index in [-0.39, 0.29) is 23.7 Å². The summed E-state index contributed by atoms with van der Waals surface area (Å²) in [7, 11) is 0. The van der Waals surface area contributed by atoms with Crippen LogP contribution in [0.1, 0.15) is 18.1 Å². The molecule has 166 valence electrons. The third-order valence-corrected chi connectivity index (χ3v) is 5.18. The van der Waals surface area contributed by atoms with Gasteiger partial charge in [-0.05, 0) is 72.3 Å². The van der Waals surface area contributed by atoms with Gasteiger partial charge in [0, 0.05) is 0 Å². The molecule has 2 aromatic rings. The van der Waals surface area contributed by atoms with Crippen molar-refractivity contribution >= 4 is 58.2 Å². The summed E-state index contributed by atoms with van der Waals surface area (Å²) in [6.07, 6.45) is 1.34. The van der Waals surface area contributed by atoms with Crippen LogP contribution in [0.4, 0.5) is 10.5 Å². The fourth-order valence-electron chi connectivity index (χ4n) is 2.96. The predicted octanol–water partition coefficient (Wildman–Crippen LogP) is 3.13. The van der Waals surface area contributed by atoms with Crippen molar-refractivity contribution in [1.82, 2.24) is 5.32 Å². The van der Waals surface area contributed by atoms with E-state index in [2.05, 4.69) is 5.32 Å². The molecule has 10 heteroatoms. The molecule has 2 N–H and O–H groups in total. The van der Waals surface area contributed by atoms with Crippen LogP contribution < -0.4 is 19.7 Å². The van der Waals surface area contributed by atoms with Gasteiger partial charge in [0.2, 0.25) is 0 Å². The Kier molecular flexibility index (Phi) is 7.13. The van der Waals surface area contributed by atoms with Gasteiger partial charge >= 0.3 is 12.0 Å². The first-order chi connectivity index (χ1) is 15.2. The third-order valence-electron chi connectivity index (χ3n) is 4.38. The third kappa shape index (κ3) is 5.07. The lowest BCUT2D eigenvalue weighted by Gasteiger charge is -2.26. The molecule has 3 rings (SSSR count). The van der Waals surface area contributed by atoms with E-state index in [1.54, 1.807) is 37.3 Å². The van der Waals surface area contributed by atoms with Gasteiger partial charge in [-0.1, -0.05) is 17.7 Å². The first kappa shape index (κ1) is 23.3. The summed E-state index contributed by atoms with van der Waals surface area (Å²) in [5, 5.41) is 11.1. The van der Waals surface area contributed by atoms with E-state index in [0.717, 1.165) is 10.5 Å². The van der Waals surface area contributed by atoms with Gasteiger partial charge in [-0.15, -0.1) is 0 Å². The van der Waals surface area contributed by atoms with E-state index in [1.165, 1.54) is 12.1 Å². The highest BCUT2D eigenvalue weighted by Gasteiger charge is 2.36. The number of barbiturate groups is 1. The monoisotopic (exact) mass is 550 g/mol. The molecule has 0 spiro atoms. The van der Waals surface area contributed by atoms with Gasteiger partial charge in [-0.3, -0.25) is 14.9 Å². The van der Waals surface area contributed by atoms with Crippen molar-refractivity contribution in [2.45, 2.75) is 13.8 Å². The van der Waals surface area contributed by atoms with E-state index >= 15 is 0 Å². The molecule has 0 atom stereocenters. The Morgan fingerprint density at radius 3 is 2.47 bits per heavy atom. The van der Waals surface area contributed by atoms with E-state index in [0.29, 0.717) is 14.8 Å². The quantitative estimate of drug-likeness (QED) is 0.309. The summed E-state index contributed by atoms with van der Waals surface area (Å²) in [5.74, 6) is -2.21. The molecule has 0 radical (unpaired) electrons. The molecule has 9 nitrogen and oxygen atoms in total. The lowest BCUT2D eigenvalue weighted by molar-refractivity contribution is -0.139. The number of carbonyl (C=O) groups excluding carboxylic acids is 3. The number of amides is 4. The van der Waals surface area contributed by atoms with Crippen LogP contribution in [0.15, 0.2) is 42.0 Å². The molecule has 1 aliphatic heterocycles. The summed E-state index contributed by atoms with van der Waals surface area (Å²) >= 11 is 1.95. The van der Waals surface area contributed by atoms with Crippen LogP contribution in [0.3, 0.4) is 0 Å². The van der Waals surface area contributed by atoms with Crippen LogP contribution in [0.25, 0.3) is 6.08 Å². The average Bonchev–Trinajstić information content (AvgIpc) is 2.72. The van der Waals surface area contributed by atoms with Crippen molar-refractivity contribution in [3.63, 3.8) is 0 Å². The normalized spacial score (nSPS) is 15.0. The second-order valence-electron chi connectivity index (χ2n) is 6.74. The molecule has 0 aromatic heterocycles. The first-order valence-electron chi connectivity index (χ1n) is 9.50. The number of carboxylic acids is 1. The zero-order valence-electron chi connectivity index (χ0n) is 17.2. The largest absolute Gasteiger partial charge is 0.490 e. The number of hydrogen-bond donors (Lipinski definition) is 2. The summed E-state index contributed by atoms with van der Waals surface area (Å²) in [6, 6.07) is 9.05. The molecule has 32 heavy (non-hydrogen) atoms. The highest BCUT2D eigenvalue weighted by molar-refractivity contribution is 14.1. The van der Waals surface area contributed by atoms with Crippen LogP contribution in [-0.2, 0) is 14.4 Å². The maximum absolute atomic E-state index is 13.0. The summed E-state index contributed by atoms with van der Waals surface area (Å²) in [5.41, 5.74) is 1.49. The smallest absolute Gasteiger partial charge is 0.341 e. The summed E-state index contributed by atoms with van der Waals surface area (Å²) in [4.78, 5) is 49.5. The maximum atomic E-state index is 13.0. The lowest BCUT2D eigenvalue weighted by atomic mass is 10.1. The standard InChI is InChI=1S/C22H19IN2O7/c1-3-31-17-10-13(9-16(23)19(17)32-11-18(26)27)8-15-20(28)24-22(30)25(21(15)29)14-6-4-12(2)5-7-14/h4-10H,3,11H2,1-2H3,(H,26,27)(H,24,28,30)/b15-8-. The number of carboxylic acid groups (broad SMARTS) is 1. The number of imide groups is 2. The minimum atomic E-state index is -1.14. The lowest BCUT2D eigenvalue weighted by Crippen LogP contribution is -2.54. The Morgan fingerprint density at radius 2 is 1.84 bits per heavy atom. The van der Waals surface area contributed by atoms with Crippen LogP contribution in [0, 0.1) is 10.5 Å². The molecule has 0 bridgehead atoms. The average molecular weight is 550 g/mol. The zero-order valence-corrected chi connectivity index (χ0v) is 19.3. The molecule has 1 fully saturated rings. The molecule has 1 heterocycles. The number of carbonyl (C=O) groups is 4.